The third kappa shape index (κ3) is 28.3. The second-order valence-corrected chi connectivity index (χ2v) is 18.6. The Morgan fingerprint density at radius 1 is 0.377 bits per heavy atom. The molecule has 0 spiro atoms. The lowest BCUT2D eigenvalue weighted by molar-refractivity contribution is -0.111. The Morgan fingerprint density at radius 3 is 0.928 bits per heavy atom. The topological polar surface area (TPSA) is 238 Å². The molecule has 0 radical (unpaired) electrons. The number of phenols is 2. The Balaban J connectivity index is 1.45. The van der Waals surface area contributed by atoms with Gasteiger partial charge in [0.1, 0.15) is 11.5 Å². The third-order valence-corrected chi connectivity index (χ3v) is 10.9. The maximum atomic E-state index is 10.5. The van der Waals surface area contributed by atoms with Gasteiger partial charge in [-0.05, 0) is 112 Å². The molecule has 0 saturated carbocycles. The van der Waals surface area contributed by atoms with E-state index in [1.54, 1.807) is 24.3 Å². The summed E-state index contributed by atoms with van der Waals surface area (Å²) in [5.74, 6) is 0.000351. The molecule has 13 atom stereocenters. The molecule has 0 aliphatic rings. The van der Waals surface area contributed by atoms with Gasteiger partial charge in [0, 0.05) is 36.3 Å². The molecule has 69 heavy (non-hydrogen) atoms. The van der Waals surface area contributed by atoms with Crippen LogP contribution in [0.3, 0.4) is 0 Å². The highest BCUT2D eigenvalue weighted by Crippen LogP contribution is 2.23. The normalized spacial score (nSPS) is 17.8. The maximum absolute atomic E-state index is 10.5. The fourth-order valence-corrected chi connectivity index (χ4v) is 6.41. The fourth-order valence-electron chi connectivity index (χ4n) is 6.41. The van der Waals surface area contributed by atoms with Crippen LogP contribution >= 0.6 is 0 Å². The Morgan fingerprint density at radius 2 is 0.638 bits per heavy atom. The van der Waals surface area contributed by atoms with Crippen molar-refractivity contribution in [2.75, 3.05) is 85.8 Å². The molecule has 18 nitrogen and oxygen atoms in total. The smallest absolute Gasteiger partial charge is 0.121 e. The van der Waals surface area contributed by atoms with Gasteiger partial charge in [-0.2, -0.15) is 0 Å². The van der Waals surface area contributed by atoms with Gasteiger partial charge in [0.25, 0.3) is 0 Å². The number of aromatic hydroxyl groups is 2. The summed E-state index contributed by atoms with van der Waals surface area (Å²) in [5.41, 5.74) is 1.97. The SMILES string of the molecule is CC(COCC(C)OCC(C)OCC(C)OCC(C)OCC(C)OCC(C)OCC(C)OCC(C)OCC(C)OCC(C)NCC(O)c1ccc(O)c(CO)c1)NCC(O)c1ccc(O)c(CO)c1. The number of aliphatic hydroxyl groups excluding tert-OH is 4. The molecule has 13 unspecified atom stereocenters. The van der Waals surface area contributed by atoms with Crippen molar-refractivity contribution < 1.29 is 78.0 Å². The van der Waals surface area contributed by atoms with Crippen LogP contribution in [0.2, 0.25) is 0 Å². The molecule has 18 heteroatoms. The molecule has 0 fully saturated rings. The number of rotatable bonds is 41. The first-order chi connectivity index (χ1) is 32.8. The van der Waals surface area contributed by atoms with E-state index in [1.807, 2.05) is 76.2 Å². The van der Waals surface area contributed by atoms with E-state index in [0.717, 1.165) is 0 Å². The number of ether oxygens (including phenoxy) is 10. The van der Waals surface area contributed by atoms with Crippen LogP contribution in [0, 0.1) is 0 Å². The van der Waals surface area contributed by atoms with Crippen LogP contribution in [-0.2, 0) is 60.6 Å². The monoisotopic (exact) mass is 987 g/mol. The van der Waals surface area contributed by atoms with Gasteiger partial charge in [0.2, 0.25) is 0 Å². The van der Waals surface area contributed by atoms with Crippen molar-refractivity contribution >= 4 is 0 Å². The second kappa shape index (κ2) is 35.5. The average Bonchev–Trinajstić information content (AvgIpc) is 3.33. The summed E-state index contributed by atoms with van der Waals surface area (Å²) in [5, 5.41) is 65.7. The summed E-state index contributed by atoms with van der Waals surface area (Å²) >= 11 is 0. The molecule has 400 valence electrons. The summed E-state index contributed by atoms with van der Waals surface area (Å²) in [6.07, 6.45) is -2.77. The van der Waals surface area contributed by atoms with E-state index in [-0.39, 0.29) is 91.7 Å². The molecule has 0 amide bonds. The van der Waals surface area contributed by atoms with Crippen molar-refractivity contribution in [3.63, 3.8) is 0 Å². The molecular formula is C51H90N2O16. The van der Waals surface area contributed by atoms with Crippen LogP contribution in [0.1, 0.15) is 111 Å². The molecular weight excluding hydrogens is 897 g/mol. The van der Waals surface area contributed by atoms with Crippen molar-refractivity contribution in [3.8, 4) is 11.5 Å². The van der Waals surface area contributed by atoms with Crippen molar-refractivity contribution in [2.24, 2.45) is 0 Å². The number of benzene rings is 2. The van der Waals surface area contributed by atoms with Crippen LogP contribution in [-0.4, -0.2) is 183 Å². The van der Waals surface area contributed by atoms with Gasteiger partial charge in [-0.1, -0.05) is 12.1 Å². The van der Waals surface area contributed by atoms with Gasteiger partial charge in [0.15, 0.2) is 0 Å². The lowest BCUT2D eigenvalue weighted by Gasteiger charge is -2.23. The summed E-state index contributed by atoms with van der Waals surface area (Å²) in [6.45, 7) is 26.1. The van der Waals surface area contributed by atoms with Crippen LogP contribution < -0.4 is 10.6 Å². The largest absolute Gasteiger partial charge is 0.508 e. The summed E-state index contributed by atoms with van der Waals surface area (Å²) < 4.78 is 59.4. The number of hydrogen-bond acceptors (Lipinski definition) is 18. The molecule has 0 aromatic heterocycles. The van der Waals surface area contributed by atoms with Crippen molar-refractivity contribution in [2.45, 2.75) is 169 Å². The molecule has 0 bridgehead atoms. The van der Waals surface area contributed by atoms with Crippen molar-refractivity contribution in [1.29, 1.82) is 0 Å². The van der Waals surface area contributed by atoms with Gasteiger partial charge in [-0.15, -0.1) is 0 Å². The number of nitrogens with one attached hydrogen (secondary N) is 2. The molecule has 2 aromatic carbocycles. The predicted octanol–water partition coefficient (Wildman–Crippen LogP) is 4.47. The summed E-state index contributed by atoms with van der Waals surface area (Å²) in [4.78, 5) is 0. The Bertz CT molecular complexity index is 1610. The Hall–Kier alpha value is -2.60. The zero-order valence-corrected chi connectivity index (χ0v) is 43.3. The van der Waals surface area contributed by atoms with Gasteiger partial charge >= 0.3 is 0 Å². The molecule has 2 aromatic rings. The van der Waals surface area contributed by atoms with E-state index in [4.69, 9.17) is 47.4 Å². The van der Waals surface area contributed by atoms with Gasteiger partial charge < -0.3 is 88.6 Å². The van der Waals surface area contributed by atoms with Gasteiger partial charge in [0.05, 0.1) is 153 Å². The fraction of sp³-hybridized carbons (Fsp3) is 0.765. The van der Waals surface area contributed by atoms with E-state index in [1.165, 1.54) is 12.1 Å². The Labute approximate surface area is 412 Å². The first kappa shape index (κ1) is 62.5. The van der Waals surface area contributed by atoms with Gasteiger partial charge in [-0.3, -0.25) is 0 Å². The minimum Gasteiger partial charge on any atom is -0.508 e. The lowest BCUT2D eigenvalue weighted by Crippen LogP contribution is -2.36. The second-order valence-electron chi connectivity index (χ2n) is 18.6. The van der Waals surface area contributed by atoms with E-state index in [9.17, 15) is 30.6 Å². The van der Waals surface area contributed by atoms with Crippen molar-refractivity contribution in [1.82, 2.24) is 10.6 Å². The minimum absolute atomic E-state index is 0.0000142. The minimum atomic E-state index is -0.791. The highest BCUT2D eigenvalue weighted by atomic mass is 16.6. The van der Waals surface area contributed by atoms with E-state index < -0.39 is 12.2 Å². The quantitative estimate of drug-likeness (QED) is 0.0459. The zero-order valence-electron chi connectivity index (χ0n) is 43.3. The molecule has 8 N–H and O–H groups in total. The first-order valence-corrected chi connectivity index (χ1v) is 24.6. The molecule has 0 heterocycles. The molecule has 2 rings (SSSR count). The number of hydrogen-bond donors (Lipinski definition) is 8. The van der Waals surface area contributed by atoms with Crippen LogP contribution in [0.4, 0.5) is 0 Å². The Kier molecular flexibility index (Phi) is 32.2. The van der Waals surface area contributed by atoms with Crippen molar-refractivity contribution in [3.05, 3.63) is 58.7 Å². The standard InChI is InChI=1S/C51H90N2O16/c1-33(52-18-50(58)44-12-14-48(56)46(16-44)20-54)22-60-24-35(3)62-26-37(5)64-28-39(7)66-30-41(9)68-32-43(11)69-31-42(10)67-29-40(8)65-27-38(6)63-25-36(4)61-23-34(2)53-19-51(59)45-13-15-49(57)47(17-45)21-55/h12-17,33-43,50-59H,18-32H2,1-11H3. The maximum Gasteiger partial charge on any atom is 0.121 e. The first-order valence-electron chi connectivity index (χ1n) is 24.6. The zero-order chi connectivity index (χ0) is 51.3. The summed E-state index contributed by atoms with van der Waals surface area (Å²) in [6, 6.07) is 9.37. The van der Waals surface area contributed by atoms with Crippen LogP contribution in [0.5, 0.6) is 11.5 Å². The molecule has 0 saturated heterocycles. The highest BCUT2D eigenvalue weighted by Gasteiger charge is 2.18. The third-order valence-electron chi connectivity index (χ3n) is 10.9. The van der Waals surface area contributed by atoms with E-state index in [0.29, 0.717) is 108 Å². The summed E-state index contributed by atoms with van der Waals surface area (Å²) in [7, 11) is 0. The highest BCUT2D eigenvalue weighted by molar-refractivity contribution is 5.37. The van der Waals surface area contributed by atoms with E-state index >= 15 is 0 Å². The van der Waals surface area contributed by atoms with Gasteiger partial charge in [-0.25, -0.2) is 0 Å². The van der Waals surface area contributed by atoms with Crippen LogP contribution in [0.15, 0.2) is 36.4 Å². The lowest BCUT2D eigenvalue weighted by atomic mass is 10.1. The molecule has 0 aliphatic carbocycles. The van der Waals surface area contributed by atoms with Crippen LogP contribution in [0.25, 0.3) is 0 Å². The molecule has 0 aliphatic heterocycles. The van der Waals surface area contributed by atoms with E-state index in [2.05, 4.69) is 10.6 Å². The average molecular weight is 987 g/mol. The predicted molar refractivity (Wildman–Crippen MR) is 262 cm³/mol. The number of aliphatic hydroxyl groups is 4.